The van der Waals surface area contributed by atoms with Gasteiger partial charge in [-0.2, -0.15) is 0 Å². The predicted molar refractivity (Wildman–Crippen MR) is 84.8 cm³/mol. The lowest BCUT2D eigenvalue weighted by atomic mass is 10.0. The summed E-state index contributed by atoms with van der Waals surface area (Å²) < 4.78 is 5.90. The van der Waals surface area contributed by atoms with Crippen LogP contribution in [0.2, 0.25) is 0 Å². The molecule has 0 radical (unpaired) electrons. The molecule has 2 aliphatic heterocycles. The van der Waals surface area contributed by atoms with Gasteiger partial charge in [0, 0.05) is 33.2 Å². The number of guanidine groups is 1. The molecule has 2 saturated heterocycles. The molecule has 0 amide bonds. The fourth-order valence-electron chi connectivity index (χ4n) is 2.66. The minimum absolute atomic E-state index is 0. The summed E-state index contributed by atoms with van der Waals surface area (Å²) in [7, 11) is 3.65. The molecule has 0 aromatic carbocycles. The smallest absolute Gasteiger partial charge is 0.190 e. The van der Waals surface area contributed by atoms with Crippen molar-refractivity contribution in [1.29, 1.82) is 0 Å². The van der Waals surface area contributed by atoms with E-state index in [1.54, 1.807) is 7.05 Å². The molecule has 106 valence electrons. The minimum atomic E-state index is 0. The maximum Gasteiger partial charge on any atom is 0.190 e. The molecule has 0 aliphatic carbocycles. The average molecular weight is 368 g/mol. The van der Waals surface area contributed by atoms with Gasteiger partial charge in [0.15, 0.2) is 5.96 Å². The number of ether oxygens (including phenoxy) is 1. The number of aliphatic imine (C=N–C) groups is 1. The van der Waals surface area contributed by atoms with E-state index in [0.29, 0.717) is 6.04 Å². The number of morpholine rings is 1. The van der Waals surface area contributed by atoms with Crippen LogP contribution in [0, 0.1) is 0 Å². The van der Waals surface area contributed by atoms with Crippen LogP contribution in [-0.4, -0.2) is 63.3 Å². The Balaban J connectivity index is 0.00000162. The van der Waals surface area contributed by atoms with Crippen LogP contribution in [0.4, 0.5) is 0 Å². The third kappa shape index (κ3) is 4.24. The van der Waals surface area contributed by atoms with Crippen LogP contribution in [-0.2, 0) is 4.74 Å². The molecule has 6 heteroatoms. The predicted octanol–water partition coefficient (Wildman–Crippen LogP) is 0.652. The van der Waals surface area contributed by atoms with Crippen LogP contribution >= 0.6 is 24.0 Å². The number of nitrogens with one attached hydrogen (secondary N) is 2. The van der Waals surface area contributed by atoms with Gasteiger partial charge in [0.05, 0.1) is 12.7 Å². The van der Waals surface area contributed by atoms with Crippen LogP contribution in [0.3, 0.4) is 0 Å². The molecular weight excluding hydrogens is 343 g/mol. The number of nitrogens with zero attached hydrogens (tertiary/aromatic N) is 2. The zero-order chi connectivity index (χ0) is 12.1. The first-order valence-corrected chi connectivity index (χ1v) is 6.57. The normalized spacial score (nSPS) is 29.1. The molecule has 0 aromatic heterocycles. The van der Waals surface area contributed by atoms with Gasteiger partial charge in [-0.3, -0.25) is 9.89 Å². The van der Waals surface area contributed by atoms with Crippen molar-refractivity contribution >= 4 is 29.9 Å². The van der Waals surface area contributed by atoms with E-state index >= 15 is 0 Å². The van der Waals surface area contributed by atoms with E-state index in [2.05, 4.69) is 20.5 Å². The summed E-state index contributed by atoms with van der Waals surface area (Å²) in [4.78, 5) is 6.68. The third-order valence-electron chi connectivity index (χ3n) is 3.67. The molecule has 0 bridgehead atoms. The van der Waals surface area contributed by atoms with E-state index in [4.69, 9.17) is 4.74 Å². The molecule has 2 rings (SSSR count). The molecule has 5 nitrogen and oxygen atoms in total. The second-order valence-electron chi connectivity index (χ2n) is 4.80. The lowest BCUT2D eigenvalue weighted by Gasteiger charge is -2.42. The second kappa shape index (κ2) is 8.16. The molecule has 2 aliphatic rings. The van der Waals surface area contributed by atoms with E-state index in [1.165, 1.54) is 25.8 Å². The molecule has 0 saturated carbocycles. The molecule has 0 aromatic rings. The van der Waals surface area contributed by atoms with E-state index in [1.807, 2.05) is 7.05 Å². The average Bonchev–Trinajstić information content (AvgIpc) is 2.40. The van der Waals surface area contributed by atoms with E-state index < -0.39 is 0 Å². The Morgan fingerprint density at radius 1 is 1.44 bits per heavy atom. The van der Waals surface area contributed by atoms with Crippen molar-refractivity contribution < 1.29 is 4.74 Å². The zero-order valence-electron chi connectivity index (χ0n) is 11.3. The van der Waals surface area contributed by atoms with Crippen molar-refractivity contribution in [2.45, 2.75) is 31.4 Å². The Labute approximate surface area is 127 Å². The number of hydrogen-bond donors (Lipinski definition) is 2. The highest BCUT2D eigenvalue weighted by Crippen LogP contribution is 2.21. The highest BCUT2D eigenvalue weighted by Gasteiger charge is 2.30. The lowest BCUT2D eigenvalue weighted by molar-refractivity contribution is -0.0719. The summed E-state index contributed by atoms with van der Waals surface area (Å²) in [6.45, 7) is 4.02. The Morgan fingerprint density at radius 2 is 2.28 bits per heavy atom. The lowest BCUT2D eigenvalue weighted by Crippen LogP contribution is -2.54. The zero-order valence-corrected chi connectivity index (χ0v) is 13.6. The van der Waals surface area contributed by atoms with Gasteiger partial charge in [-0.15, -0.1) is 24.0 Å². The quantitative estimate of drug-likeness (QED) is 0.427. The van der Waals surface area contributed by atoms with Crippen molar-refractivity contribution in [3.63, 3.8) is 0 Å². The van der Waals surface area contributed by atoms with Gasteiger partial charge in [-0.25, -0.2) is 0 Å². The van der Waals surface area contributed by atoms with Gasteiger partial charge in [-0.05, 0) is 19.4 Å². The summed E-state index contributed by atoms with van der Waals surface area (Å²) in [5.41, 5.74) is 0. The van der Waals surface area contributed by atoms with Crippen molar-refractivity contribution in [2.75, 3.05) is 40.3 Å². The summed E-state index contributed by atoms with van der Waals surface area (Å²) in [5.74, 6) is 0.828. The Kier molecular flexibility index (Phi) is 7.25. The summed E-state index contributed by atoms with van der Waals surface area (Å²) in [6, 6.07) is 0.670. The maximum atomic E-state index is 5.90. The minimum Gasteiger partial charge on any atom is -0.373 e. The highest BCUT2D eigenvalue weighted by atomic mass is 127. The molecule has 2 heterocycles. The van der Waals surface area contributed by atoms with Gasteiger partial charge < -0.3 is 15.4 Å². The van der Waals surface area contributed by atoms with Crippen molar-refractivity contribution in [2.24, 2.45) is 4.99 Å². The number of fused-ring (bicyclic) bond motifs is 1. The first-order chi connectivity index (χ1) is 8.33. The summed E-state index contributed by atoms with van der Waals surface area (Å²) in [6.07, 6.45) is 4.29. The van der Waals surface area contributed by atoms with Gasteiger partial charge in [0.25, 0.3) is 0 Å². The molecule has 2 fully saturated rings. The van der Waals surface area contributed by atoms with Crippen molar-refractivity contribution in [1.82, 2.24) is 15.5 Å². The molecule has 2 unspecified atom stereocenters. The summed E-state index contributed by atoms with van der Waals surface area (Å²) >= 11 is 0. The van der Waals surface area contributed by atoms with E-state index in [9.17, 15) is 0 Å². The molecule has 18 heavy (non-hydrogen) atoms. The van der Waals surface area contributed by atoms with Gasteiger partial charge in [0.1, 0.15) is 0 Å². The topological polar surface area (TPSA) is 48.9 Å². The third-order valence-corrected chi connectivity index (χ3v) is 3.67. The SMILES string of the molecule is CN=C(NC)NCC1CN2CCCCC2CO1.I. The first-order valence-electron chi connectivity index (χ1n) is 6.57. The van der Waals surface area contributed by atoms with Crippen LogP contribution < -0.4 is 10.6 Å². The summed E-state index contributed by atoms with van der Waals surface area (Å²) in [5, 5.41) is 6.29. The highest BCUT2D eigenvalue weighted by molar-refractivity contribution is 14.0. The fourth-order valence-corrected chi connectivity index (χ4v) is 2.66. The standard InChI is InChI=1S/C12H24N4O.HI/c1-13-12(14-2)15-7-11-8-16-6-4-3-5-10(16)9-17-11;/h10-11H,3-9H2,1-2H3,(H2,13,14,15);1H. The van der Waals surface area contributed by atoms with Gasteiger partial charge in [0.2, 0.25) is 0 Å². The van der Waals surface area contributed by atoms with Crippen molar-refractivity contribution in [3.8, 4) is 0 Å². The molecule has 0 spiro atoms. The van der Waals surface area contributed by atoms with Gasteiger partial charge >= 0.3 is 0 Å². The van der Waals surface area contributed by atoms with Crippen LogP contribution in [0.25, 0.3) is 0 Å². The number of halogens is 1. The van der Waals surface area contributed by atoms with E-state index in [-0.39, 0.29) is 30.1 Å². The molecule has 2 N–H and O–H groups in total. The number of rotatable bonds is 2. The molecular formula is C12H25IN4O. The van der Waals surface area contributed by atoms with Crippen LogP contribution in [0.5, 0.6) is 0 Å². The molecule has 2 atom stereocenters. The Hall–Kier alpha value is -0.0800. The van der Waals surface area contributed by atoms with Crippen LogP contribution in [0.1, 0.15) is 19.3 Å². The Bertz CT molecular complexity index is 275. The van der Waals surface area contributed by atoms with Gasteiger partial charge in [-0.1, -0.05) is 6.42 Å². The van der Waals surface area contributed by atoms with Crippen molar-refractivity contribution in [3.05, 3.63) is 0 Å². The fraction of sp³-hybridized carbons (Fsp3) is 0.917. The van der Waals surface area contributed by atoms with E-state index in [0.717, 1.165) is 25.7 Å². The van der Waals surface area contributed by atoms with Crippen LogP contribution in [0.15, 0.2) is 4.99 Å². The maximum absolute atomic E-state index is 5.90. The largest absolute Gasteiger partial charge is 0.373 e. The second-order valence-corrected chi connectivity index (χ2v) is 4.80. The number of piperidine rings is 1. The first kappa shape index (κ1) is 16.0. The Morgan fingerprint density at radius 3 is 3.00 bits per heavy atom. The number of hydrogen-bond acceptors (Lipinski definition) is 3. The monoisotopic (exact) mass is 368 g/mol.